The Morgan fingerprint density at radius 1 is 1.56 bits per heavy atom. The molecule has 0 aromatic carbocycles. The van der Waals surface area contributed by atoms with Crippen molar-refractivity contribution in [1.29, 1.82) is 5.26 Å². The van der Waals surface area contributed by atoms with Gasteiger partial charge in [-0.15, -0.1) is 0 Å². The number of nitrogens with one attached hydrogen (secondary N) is 1. The topological polar surface area (TPSA) is 70.7 Å². The van der Waals surface area contributed by atoms with Gasteiger partial charge in [-0.1, -0.05) is 19.3 Å². The molecule has 1 aliphatic rings. The zero-order valence-corrected chi connectivity index (χ0v) is 10.6. The van der Waals surface area contributed by atoms with Crippen LogP contribution in [0.3, 0.4) is 0 Å². The third kappa shape index (κ3) is 3.10. The molecule has 5 nitrogen and oxygen atoms in total. The molecule has 2 rings (SSSR count). The van der Waals surface area contributed by atoms with Gasteiger partial charge in [0.25, 0.3) is 0 Å². The monoisotopic (exact) mass is 246 g/mol. The van der Waals surface area contributed by atoms with E-state index >= 15 is 0 Å². The molecule has 5 heteroatoms. The molecule has 0 bridgehead atoms. The summed E-state index contributed by atoms with van der Waals surface area (Å²) in [5.41, 5.74) is 0.412. The molecular weight excluding hydrogens is 228 g/mol. The van der Waals surface area contributed by atoms with Gasteiger partial charge in [0, 0.05) is 19.7 Å². The van der Waals surface area contributed by atoms with Gasteiger partial charge in [-0.3, -0.25) is 9.48 Å². The molecular formula is C13H18N4O. The van der Waals surface area contributed by atoms with Crippen molar-refractivity contribution in [3.05, 3.63) is 11.8 Å². The molecule has 1 aliphatic carbocycles. The first-order valence-corrected chi connectivity index (χ1v) is 6.42. The minimum atomic E-state index is -0.0305. The molecule has 1 fully saturated rings. The predicted octanol–water partition coefficient (Wildman–Crippen LogP) is 2.20. The second-order valence-electron chi connectivity index (χ2n) is 4.93. The SMILES string of the molecule is Cn1cc(C#N)c(NC(=O)CC2CCCCC2)n1. The van der Waals surface area contributed by atoms with Crippen molar-refractivity contribution in [2.45, 2.75) is 38.5 Å². The summed E-state index contributed by atoms with van der Waals surface area (Å²) in [6, 6.07) is 2.03. The second-order valence-corrected chi connectivity index (χ2v) is 4.93. The molecule has 1 heterocycles. The lowest BCUT2D eigenvalue weighted by atomic mass is 9.87. The van der Waals surface area contributed by atoms with E-state index in [1.807, 2.05) is 6.07 Å². The van der Waals surface area contributed by atoms with E-state index in [1.54, 1.807) is 13.2 Å². The van der Waals surface area contributed by atoms with Gasteiger partial charge in [0.2, 0.25) is 5.91 Å². The molecule has 0 aliphatic heterocycles. The Balaban J connectivity index is 1.92. The molecule has 96 valence electrons. The standard InChI is InChI=1S/C13H18N4O/c1-17-9-11(8-14)13(16-17)15-12(18)7-10-5-3-2-4-6-10/h9-10H,2-7H2,1H3,(H,15,16,18). The smallest absolute Gasteiger partial charge is 0.225 e. The third-order valence-electron chi connectivity index (χ3n) is 3.41. The number of nitrogens with zero attached hydrogens (tertiary/aromatic N) is 3. The fourth-order valence-corrected chi connectivity index (χ4v) is 2.50. The second kappa shape index (κ2) is 5.67. The number of rotatable bonds is 3. The highest BCUT2D eigenvalue weighted by Gasteiger charge is 2.18. The van der Waals surface area contributed by atoms with Gasteiger partial charge in [0.15, 0.2) is 5.82 Å². The van der Waals surface area contributed by atoms with Crippen LogP contribution in [-0.4, -0.2) is 15.7 Å². The van der Waals surface area contributed by atoms with Crippen molar-refractivity contribution in [1.82, 2.24) is 9.78 Å². The van der Waals surface area contributed by atoms with Crippen molar-refractivity contribution in [2.24, 2.45) is 13.0 Å². The number of carbonyl (C=O) groups is 1. The summed E-state index contributed by atoms with van der Waals surface area (Å²) in [6.07, 6.45) is 8.17. The molecule has 0 atom stereocenters. The van der Waals surface area contributed by atoms with E-state index in [0.717, 1.165) is 12.8 Å². The van der Waals surface area contributed by atoms with Crippen LogP contribution >= 0.6 is 0 Å². The molecule has 1 N–H and O–H groups in total. The Labute approximate surface area is 107 Å². The normalized spacial score (nSPS) is 16.2. The molecule has 18 heavy (non-hydrogen) atoms. The Morgan fingerprint density at radius 2 is 2.28 bits per heavy atom. The summed E-state index contributed by atoms with van der Waals surface area (Å²) >= 11 is 0. The Bertz CT molecular complexity index is 466. The van der Waals surface area contributed by atoms with Crippen molar-refractivity contribution in [3.63, 3.8) is 0 Å². The van der Waals surface area contributed by atoms with Crippen LogP contribution in [0.2, 0.25) is 0 Å². The summed E-state index contributed by atoms with van der Waals surface area (Å²) < 4.78 is 1.54. The highest BCUT2D eigenvalue weighted by molar-refractivity contribution is 5.91. The molecule has 1 aromatic rings. The maximum Gasteiger partial charge on any atom is 0.225 e. The molecule has 0 spiro atoms. The van der Waals surface area contributed by atoms with Crippen LogP contribution in [-0.2, 0) is 11.8 Å². The van der Waals surface area contributed by atoms with Crippen molar-refractivity contribution in [3.8, 4) is 6.07 Å². The van der Waals surface area contributed by atoms with E-state index in [1.165, 1.54) is 23.9 Å². The van der Waals surface area contributed by atoms with E-state index in [-0.39, 0.29) is 5.91 Å². The number of nitriles is 1. The van der Waals surface area contributed by atoms with Gasteiger partial charge < -0.3 is 5.32 Å². The van der Waals surface area contributed by atoms with E-state index in [2.05, 4.69) is 10.4 Å². The number of amides is 1. The Hall–Kier alpha value is -1.83. The maximum absolute atomic E-state index is 11.9. The minimum Gasteiger partial charge on any atom is -0.308 e. The molecule has 1 amide bonds. The van der Waals surface area contributed by atoms with E-state index < -0.39 is 0 Å². The largest absolute Gasteiger partial charge is 0.308 e. The molecule has 0 unspecified atom stereocenters. The van der Waals surface area contributed by atoms with Gasteiger partial charge in [-0.2, -0.15) is 10.4 Å². The number of anilines is 1. The molecule has 1 aromatic heterocycles. The lowest BCUT2D eigenvalue weighted by molar-refractivity contribution is -0.117. The van der Waals surface area contributed by atoms with Crippen LogP contribution in [0.15, 0.2) is 6.20 Å². The minimum absolute atomic E-state index is 0.0305. The van der Waals surface area contributed by atoms with Crippen LogP contribution in [0, 0.1) is 17.2 Å². The summed E-state index contributed by atoms with van der Waals surface area (Å²) in [5, 5.41) is 15.7. The lowest BCUT2D eigenvalue weighted by Crippen LogP contribution is -2.19. The summed E-state index contributed by atoms with van der Waals surface area (Å²) in [6.45, 7) is 0. The van der Waals surface area contributed by atoms with Gasteiger partial charge in [0.05, 0.1) is 0 Å². The summed E-state index contributed by atoms with van der Waals surface area (Å²) in [7, 11) is 1.73. The highest BCUT2D eigenvalue weighted by Crippen LogP contribution is 2.26. The number of carbonyl (C=O) groups excluding carboxylic acids is 1. The van der Waals surface area contributed by atoms with Crippen LogP contribution in [0.1, 0.15) is 44.1 Å². The highest BCUT2D eigenvalue weighted by atomic mass is 16.1. The average molecular weight is 246 g/mol. The Kier molecular flexibility index (Phi) is 3.98. The molecule has 0 saturated heterocycles. The summed E-state index contributed by atoms with van der Waals surface area (Å²) in [4.78, 5) is 11.9. The predicted molar refractivity (Wildman–Crippen MR) is 67.7 cm³/mol. The fourth-order valence-electron chi connectivity index (χ4n) is 2.50. The number of hydrogen-bond donors (Lipinski definition) is 1. The van der Waals surface area contributed by atoms with Crippen molar-refractivity contribution < 1.29 is 4.79 Å². The van der Waals surface area contributed by atoms with Crippen molar-refractivity contribution >= 4 is 11.7 Å². The quantitative estimate of drug-likeness (QED) is 0.888. The van der Waals surface area contributed by atoms with E-state index in [0.29, 0.717) is 23.7 Å². The first-order chi connectivity index (χ1) is 8.69. The van der Waals surface area contributed by atoms with E-state index in [4.69, 9.17) is 5.26 Å². The summed E-state index contributed by atoms with van der Waals surface area (Å²) in [5.74, 6) is 0.839. The van der Waals surface area contributed by atoms with Gasteiger partial charge >= 0.3 is 0 Å². The molecule has 0 radical (unpaired) electrons. The van der Waals surface area contributed by atoms with Crippen molar-refractivity contribution in [2.75, 3.05) is 5.32 Å². The van der Waals surface area contributed by atoms with Crippen LogP contribution in [0.25, 0.3) is 0 Å². The van der Waals surface area contributed by atoms with Crippen LogP contribution in [0.4, 0.5) is 5.82 Å². The average Bonchev–Trinajstić information content (AvgIpc) is 2.70. The zero-order chi connectivity index (χ0) is 13.0. The lowest BCUT2D eigenvalue weighted by Gasteiger charge is -2.20. The number of hydrogen-bond acceptors (Lipinski definition) is 3. The van der Waals surface area contributed by atoms with Crippen LogP contribution < -0.4 is 5.32 Å². The van der Waals surface area contributed by atoms with Gasteiger partial charge in [-0.05, 0) is 18.8 Å². The maximum atomic E-state index is 11.9. The molecule has 1 saturated carbocycles. The Morgan fingerprint density at radius 3 is 2.94 bits per heavy atom. The first kappa shape index (κ1) is 12.6. The first-order valence-electron chi connectivity index (χ1n) is 6.42. The fraction of sp³-hybridized carbons (Fsp3) is 0.615. The van der Waals surface area contributed by atoms with Gasteiger partial charge in [0.1, 0.15) is 11.6 Å². The van der Waals surface area contributed by atoms with Gasteiger partial charge in [-0.25, -0.2) is 0 Å². The van der Waals surface area contributed by atoms with E-state index in [9.17, 15) is 4.79 Å². The third-order valence-corrected chi connectivity index (χ3v) is 3.41. The zero-order valence-electron chi connectivity index (χ0n) is 10.6. The van der Waals surface area contributed by atoms with Crippen LogP contribution in [0.5, 0.6) is 0 Å². The number of aromatic nitrogens is 2. The number of aryl methyl sites for hydroxylation is 1.